The number of nitrogens with zero attached hydrogens (tertiary/aromatic N) is 1. The molecule has 0 radical (unpaired) electrons. The van der Waals surface area contributed by atoms with Crippen LogP contribution in [0.4, 0.5) is 4.39 Å². The number of carbonyl (C=O) groups excluding carboxylic acids is 1. The Balaban J connectivity index is 1.96. The second kappa shape index (κ2) is 5.48. The molecule has 1 saturated heterocycles. The normalized spacial score (nSPS) is 24.8. The molecule has 2 unspecified atom stereocenters. The molecule has 0 N–H and O–H groups in total. The first-order valence-corrected chi connectivity index (χ1v) is 6.24. The van der Waals surface area contributed by atoms with Gasteiger partial charge in [0.1, 0.15) is 11.6 Å². The Morgan fingerprint density at radius 1 is 1.50 bits per heavy atom. The van der Waals surface area contributed by atoms with Crippen molar-refractivity contribution in [2.24, 2.45) is 5.92 Å². The van der Waals surface area contributed by atoms with Crippen molar-refractivity contribution in [2.45, 2.75) is 25.8 Å². The average molecular weight is 251 g/mol. The van der Waals surface area contributed by atoms with Crippen LogP contribution in [0.15, 0.2) is 24.3 Å². The number of hydrogen-bond acceptors (Lipinski definition) is 3. The zero-order chi connectivity index (χ0) is 13.1. The van der Waals surface area contributed by atoms with Gasteiger partial charge in [0.25, 0.3) is 0 Å². The van der Waals surface area contributed by atoms with E-state index < -0.39 is 5.82 Å². The molecule has 1 fully saturated rings. The Labute approximate surface area is 107 Å². The summed E-state index contributed by atoms with van der Waals surface area (Å²) in [7, 11) is 2.05. The van der Waals surface area contributed by atoms with Crippen LogP contribution in [-0.2, 0) is 4.79 Å². The van der Waals surface area contributed by atoms with E-state index in [4.69, 9.17) is 4.74 Å². The molecule has 3 nitrogen and oxygen atoms in total. The van der Waals surface area contributed by atoms with Crippen LogP contribution < -0.4 is 4.74 Å². The fourth-order valence-electron chi connectivity index (χ4n) is 2.23. The number of ether oxygens (including phenoxy) is 1. The topological polar surface area (TPSA) is 29.5 Å². The van der Waals surface area contributed by atoms with Crippen LogP contribution in [0.3, 0.4) is 0 Å². The van der Waals surface area contributed by atoms with Crippen molar-refractivity contribution < 1.29 is 13.9 Å². The van der Waals surface area contributed by atoms with Crippen LogP contribution in [0, 0.1) is 11.7 Å². The Hall–Kier alpha value is -1.42. The van der Waals surface area contributed by atoms with Crippen LogP contribution in [0.1, 0.15) is 19.8 Å². The number of halogens is 1. The average Bonchev–Trinajstić information content (AvgIpc) is 2.32. The number of likely N-dealkylation sites (tertiary alicyclic amines) is 1. The van der Waals surface area contributed by atoms with E-state index in [0.29, 0.717) is 6.04 Å². The molecule has 0 spiro atoms. The first-order chi connectivity index (χ1) is 8.56. The molecular weight excluding hydrogens is 233 g/mol. The molecule has 1 heterocycles. The largest absolute Gasteiger partial charge is 0.426 e. The number of benzene rings is 1. The summed E-state index contributed by atoms with van der Waals surface area (Å²) in [5.74, 6) is -0.441. The van der Waals surface area contributed by atoms with E-state index in [1.54, 1.807) is 6.07 Å². The van der Waals surface area contributed by atoms with Gasteiger partial charge in [0.05, 0.1) is 5.92 Å². The molecule has 0 aliphatic carbocycles. The third-order valence-corrected chi connectivity index (χ3v) is 3.56. The lowest BCUT2D eigenvalue weighted by molar-refractivity contribution is -0.141. The SMILES string of the molecule is CC1CC(C(=O)Oc2cccc(F)c2)CCN1C. The number of rotatable bonds is 2. The Morgan fingerprint density at radius 3 is 2.94 bits per heavy atom. The van der Waals surface area contributed by atoms with E-state index in [0.717, 1.165) is 19.4 Å². The third-order valence-electron chi connectivity index (χ3n) is 3.56. The van der Waals surface area contributed by atoms with Gasteiger partial charge in [-0.3, -0.25) is 4.79 Å². The van der Waals surface area contributed by atoms with Gasteiger partial charge in [-0.2, -0.15) is 0 Å². The zero-order valence-corrected chi connectivity index (χ0v) is 10.7. The van der Waals surface area contributed by atoms with Gasteiger partial charge in [0.2, 0.25) is 0 Å². The van der Waals surface area contributed by atoms with E-state index in [1.807, 2.05) is 0 Å². The van der Waals surface area contributed by atoms with Gasteiger partial charge in [-0.15, -0.1) is 0 Å². The standard InChI is InChI=1S/C14H18FNO2/c1-10-8-11(6-7-16(10)2)14(17)18-13-5-3-4-12(15)9-13/h3-5,9-11H,6-8H2,1-2H3. The van der Waals surface area contributed by atoms with Gasteiger partial charge in [-0.1, -0.05) is 6.07 Å². The lowest BCUT2D eigenvalue weighted by atomic mass is 9.92. The summed E-state index contributed by atoms with van der Waals surface area (Å²) in [4.78, 5) is 14.2. The Morgan fingerprint density at radius 2 is 2.28 bits per heavy atom. The van der Waals surface area contributed by atoms with Crippen LogP contribution in [0.5, 0.6) is 5.75 Å². The summed E-state index contributed by atoms with van der Waals surface area (Å²) < 4.78 is 18.2. The maximum Gasteiger partial charge on any atom is 0.314 e. The van der Waals surface area contributed by atoms with Crippen LogP contribution in [-0.4, -0.2) is 30.5 Å². The minimum atomic E-state index is -0.392. The molecule has 0 aromatic heterocycles. The molecule has 4 heteroatoms. The number of hydrogen-bond donors (Lipinski definition) is 0. The summed E-state index contributed by atoms with van der Waals surface area (Å²) in [5.41, 5.74) is 0. The maximum absolute atomic E-state index is 13.0. The van der Waals surface area contributed by atoms with Gasteiger partial charge in [-0.25, -0.2) is 4.39 Å². The molecule has 18 heavy (non-hydrogen) atoms. The highest BCUT2D eigenvalue weighted by Crippen LogP contribution is 2.24. The molecule has 1 aliphatic heterocycles. The molecule has 2 rings (SSSR count). The predicted octanol–water partition coefficient (Wildman–Crippen LogP) is 2.46. The molecule has 1 aromatic rings. The quantitative estimate of drug-likeness (QED) is 0.597. The van der Waals surface area contributed by atoms with E-state index in [2.05, 4.69) is 18.9 Å². The van der Waals surface area contributed by atoms with Crippen molar-refractivity contribution in [3.8, 4) is 5.75 Å². The number of piperidine rings is 1. The highest BCUT2D eigenvalue weighted by atomic mass is 19.1. The van der Waals surface area contributed by atoms with Crippen molar-refractivity contribution in [3.05, 3.63) is 30.1 Å². The molecular formula is C14H18FNO2. The van der Waals surface area contributed by atoms with Crippen molar-refractivity contribution in [1.29, 1.82) is 0 Å². The van der Waals surface area contributed by atoms with Crippen LogP contribution >= 0.6 is 0 Å². The van der Waals surface area contributed by atoms with Gasteiger partial charge in [0, 0.05) is 12.1 Å². The van der Waals surface area contributed by atoms with Crippen molar-refractivity contribution in [1.82, 2.24) is 4.90 Å². The van der Waals surface area contributed by atoms with Crippen molar-refractivity contribution in [2.75, 3.05) is 13.6 Å². The lowest BCUT2D eigenvalue weighted by Gasteiger charge is -2.33. The maximum atomic E-state index is 13.0. The van der Waals surface area contributed by atoms with Crippen molar-refractivity contribution >= 4 is 5.97 Å². The molecule has 1 aliphatic rings. The van der Waals surface area contributed by atoms with Gasteiger partial charge in [0.15, 0.2) is 0 Å². The first-order valence-electron chi connectivity index (χ1n) is 6.24. The lowest BCUT2D eigenvalue weighted by Crippen LogP contribution is -2.41. The molecule has 98 valence electrons. The third kappa shape index (κ3) is 3.07. The van der Waals surface area contributed by atoms with E-state index in [9.17, 15) is 9.18 Å². The van der Waals surface area contributed by atoms with E-state index in [-0.39, 0.29) is 17.6 Å². The van der Waals surface area contributed by atoms with Crippen LogP contribution in [0.2, 0.25) is 0 Å². The van der Waals surface area contributed by atoms with Gasteiger partial charge in [-0.05, 0) is 45.5 Å². The van der Waals surface area contributed by atoms with Gasteiger partial charge >= 0.3 is 5.97 Å². The number of esters is 1. The predicted molar refractivity (Wildman–Crippen MR) is 66.9 cm³/mol. The molecule has 0 amide bonds. The fraction of sp³-hybridized carbons (Fsp3) is 0.500. The number of carbonyl (C=O) groups is 1. The Bertz CT molecular complexity index is 436. The summed E-state index contributed by atoms with van der Waals surface area (Å²) >= 11 is 0. The van der Waals surface area contributed by atoms with Crippen LogP contribution in [0.25, 0.3) is 0 Å². The summed E-state index contributed by atoms with van der Waals surface area (Å²) in [6.45, 7) is 2.99. The summed E-state index contributed by atoms with van der Waals surface area (Å²) in [6, 6.07) is 6.07. The molecule has 0 bridgehead atoms. The minimum Gasteiger partial charge on any atom is -0.426 e. The van der Waals surface area contributed by atoms with E-state index >= 15 is 0 Å². The van der Waals surface area contributed by atoms with Gasteiger partial charge < -0.3 is 9.64 Å². The fourth-order valence-corrected chi connectivity index (χ4v) is 2.23. The summed E-state index contributed by atoms with van der Waals surface area (Å²) in [5, 5.41) is 0. The molecule has 0 saturated carbocycles. The van der Waals surface area contributed by atoms with Crippen molar-refractivity contribution in [3.63, 3.8) is 0 Å². The smallest absolute Gasteiger partial charge is 0.314 e. The highest BCUT2D eigenvalue weighted by molar-refractivity contribution is 5.75. The summed E-state index contributed by atoms with van der Waals surface area (Å²) in [6.07, 6.45) is 1.60. The highest BCUT2D eigenvalue weighted by Gasteiger charge is 2.29. The second-order valence-electron chi connectivity index (χ2n) is 4.93. The van der Waals surface area contributed by atoms with E-state index in [1.165, 1.54) is 18.2 Å². The second-order valence-corrected chi connectivity index (χ2v) is 4.93. The molecule has 1 aromatic carbocycles. The monoisotopic (exact) mass is 251 g/mol. The first kappa shape index (κ1) is 13.0. The Kier molecular flexibility index (Phi) is 3.97. The zero-order valence-electron chi connectivity index (χ0n) is 10.7. The molecule has 2 atom stereocenters. The minimum absolute atomic E-state index is 0.0838.